The van der Waals surface area contributed by atoms with E-state index in [1.54, 1.807) is 23.7 Å². The second-order valence-electron chi connectivity index (χ2n) is 6.40. The Morgan fingerprint density at radius 1 is 1.07 bits per heavy atom. The second kappa shape index (κ2) is 7.76. The van der Waals surface area contributed by atoms with Gasteiger partial charge in [0.1, 0.15) is 10.8 Å². The molecule has 0 aliphatic rings. The summed E-state index contributed by atoms with van der Waals surface area (Å²) in [7, 11) is 0. The number of carbonyl (C=O) groups excluding carboxylic acids is 1. The van der Waals surface area contributed by atoms with Crippen molar-refractivity contribution >= 4 is 27.3 Å². The summed E-state index contributed by atoms with van der Waals surface area (Å²) in [5, 5.41) is 0.867. The van der Waals surface area contributed by atoms with E-state index in [0.29, 0.717) is 12.8 Å². The molecule has 0 aliphatic carbocycles. The van der Waals surface area contributed by atoms with Gasteiger partial charge in [0.15, 0.2) is 0 Å². The first-order valence-corrected chi connectivity index (χ1v) is 9.83. The topological polar surface area (TPSA) is 55.7 Å². The fourth-order valence-corrected chi connectivity index (χ4v) is 4.22. The Balaban J connectivity index is 1.86. The van der Waals surface area contributed by atoms with Gasteiger partial charge in [0.25, 0.3) is 0 Å². The third kappa shape index (κ3) is 3.78. The van der Waals surface area contributed by atoms with Gasteiger partial charge in [-0.05, 0) is 36.8 Å². The molecule has 0 saturated carbocycles. The monoisotopic (exact) mass is 373 g/mol. The number of carbonyl (C=O) groups is 1. The number of thiazole rings is 1. The largest absolute Gasteiger partial charge is 0.299 e. The van der Waals surface area contributed by atoms with Crippen molar-refractivity contribution in [3.63, 3.8) is 0 Å². The molecular formula is C22H19N3OS. The molecular weight excluding hydrogens is 354 g/mol. The number of Topliss-reactive ketones (excluding diaryl/α,β-unsaturated/α-hetero) is 1. The van der Waals surface area contributed by atoms with Crippen LogP contribution in [0.5, 0.6) is 0 Å². The van der Waals surface area contributed by atoms with E-state index in [-0.39, 0.29) is 5.78 Å². The Kier molecular flexibility index (Phi) is 5.03. The van der Waals surface area contributed by atoms with E-state index in [2.05, 4.69) is 22.1 Å². The molecule has 4 rings (SSSR count). The van der Waals surface area contributed by atoms with E-state index in [1.165, 1.54) is 0 Å². The maximum Gasteiger partial charge on any atom is 0.139 e. The van der Waals surface area contributed by atoms with Crippen LogP contribution in [0.2, 0.25) is 0 Å². The summed E-state index contributed by atoms with van der Waals surface area (Å²) in [6.07, 6.45) is 7.29. The van der Waals surface area contributed by atoms with Crippen molar-refractivity contribution in [3.8, 4) is 22.4 Å². The minimum Gasteiger partial charge on any atom is -0.299 e. The molecule has 0 radical (unpaired) electrons. The van der Waals surface area contributed by atoms with Gasteiger partial charge < -0.3 is 0 Å². The fraction of sp³-hybridized carbons (Fsp3) is 0.182. The Morgan fingerprint density at radius 3 is 2.74 bits per heavy atom. The van der Waals surface area contributed by atoms with E-state index in [0.717, 1.165) is 44.0 Å². The van der Waals surface area contributed by atoms with Crippen LogP contribution >= 0.6 is 11.3 Å². The summed E-state index contributed by atoms with van der Waals surface area (Å²) in [5.74, 6) is 0.240. The highest BCUT2D eigenvalue weighted by atomic mass is 32.1. The average Bonchev–Trinajstić information content (AvgIpc) is 3.11. The molecule has 3 heterocycles. The van der Waals surface area contributed by atoms with Crippen molar-refractivity contribution in [2.75, 3.05) is 0 Å². The van der Waals surface area contributed by atoms with Crippen molar-refractivity contribution in [2.24, 2.45) is 0 Å². The quantitative estimate of drug-likeness (QED) is 0.458. The highest BCUT2D eigenvalue weighted by molar-refractivity contribution is 7.19. The summed E-state index contributed by atoms with van der Waals surface area (Å²) < 4.78 is 1.09. The minimum atomic E-state index is 0.240. The number of nitrogens with zero attached hydrogens (tertiary/aromatic N) is 3. The van der Waals surface area contributed by atoms with Gasteiger partial charge in [-0.2, -0.15) is 0 Å². The first kappa shape index (κ1) is 17.5. The Labute approximate surface area is 162 Å². The van der Waals surface area contributed by atoms with Crippen molar-refractivity contribution in [1.82, 2.24) is 15.0 Å². The van der Waals surface area contributed by atoms with E-state index in [9.17, 15) is 4.79 Å². The molecule has 3 aromatic heterocycles. The zero-order chi connectivity index (χ0) is 18.6. The molecule has 0 spiro atoms. The highest BCUT2D eigenvalue weighted by Crippen LogP contribution is 2.36. The lowest BCUT2D eigenvalue weighted by atomic mass is 10.0. The predicted octanol–water partition coefficient (Wildman–Crippen LogP) is 5.33. The molecule has 0 atom stereocenters. The molecule has 4 nitrogen and oxygen atoms in total. The first-order chi connectivity index (χ1) is 13.2. The zero-order valence-corrected chi connectivity index (χ0v) is 15.9. The standard InChI is InChI=1S/C22H19N3OS/c1-2-6-17(26)13-21-25-20-12-16(19-8-3-4-10-24-19)11-18(22(20)27-21)15-7-5-9-23-14-15/h3-5,7-12,14H,2,6,13H2,1H3. The van der Waals surface area contributed by atoms with E-state index in [4.69, 9.17) is 4.98 Å². The van der Waals surface area contributed by atoms with Crippen LogP contribution in [-0.2, 0) is 11.2 Å². The molecule has 0 fully saturated rings. The Morgan fingerprint density at radius 2 is 2.00 bits per heavy atom. The van der Waals surface area contributed by atoms with Crippen LogP contribution in [0.15, 0.2) is 61.1 Å². The third-order valence-corrected chi connectivity index (χ3v) is 5.45. The fourth-order valence-electron chi connectivity index (χ4n) is 3.11. The van der Waals surface area contributed by atoms with Crippen LogP contribution in [0.4, 0.5) is 0 Å². The molecule has 5 heteroatoms. The maximum atomic E-state index is 12.1. The van der Waals surface area contributed by atoms with Crippen molar-refractivity contribution in [2.45, 2.75) is 26.2 Å². The number of benzene rings is 1. The molecule has 0 N–H and O–H groups in total. The maximum absolute atomic E-state index is 12.1. The molecule has 0 aliphatic heterocycles. The summed E-state index contributed by atoms with van der Waals surface area (Å²) >= 11 is 1.60. The van der Waals surface area contributed by atoms with Crippen LogP contribution in [0.3, 0.4) is 0 Å². The summed E-state index contributed by atoms with van der Waals surface area (Å²) in [5.41, 5.74) is 4.93. The van der Waals surface area contributed by atoms with Crippen LogP contribution in [0.25, 0.3) is 32.6 Å². The van der Waals surface area contributed by atoms with Crippen molar-refractivity contribution in [1.29, 1.82) is 0 Å². The van der Waals surface area contributed by atoms with Gasteiger partial charge in [-0.15, -0.1) is 11.3 Å². The summed E-state index contributed by atoms with van der Waals surface area (Å²) in [6, 6.07) is 14.1. The third-order valence-electron chi connectivity index (χ3n) is 4.34. The number of fused-ring (bicyclic) bond motifs is 1. The highest BCUT2D eigenvalue weighted by Gasteiger charge is 2.15. The SMILES string of the molecule is CCCC(=O)Cc1nc2cc(-c3ccccn3)cc(-c3cccnc3)c2s1. The van der Waals surface area contributed by atoms with Crippen LogP contribution < -0.4 is 0 Å². The average molecular weight is 373 g/mol. The van der Waals surface area contributed by atoms with Crippen molar-refractivity contribution < 1.29 is 4.79 Å². The van der Waals surface area contributed by atoms with Gasteiger partial charge in [0.05, 0.1) is 22.3 Å². The molecule has 0 amide bonds. The molecule has 4 aromatic rings. The number of hydrogen-bond acceptors (Lipinski definition) is 5. The number of pyridine rings is 2. The summed E-state index contributed by atoms with van der Waals surface area (Å²) in [4.78, 5) is 25.6. The van der Waals surface area contributed by atoms with Gasteiger partial charge in [-0.25, -0.2) is 4.98 Å². The van der Waals surface area contributed by atoms with Gasteiger partial charge in [-0.3, -0.25) is 14.8 Å². The molecule has 1 aromatic carbocycles. The van der Waals surface area contributed by atoms with Gasteiger partial charge in [-0.1, -0.05) is 19.1 Å². The lowest BCUT2D eigenvalue weighted by Crippen LogP contribution is -2.00. The first-order valence-electron chi connectivity index (χ1n) is 9.01. The molecule has 27 heavy (non-hydrogen) atoms. The molecule has 0 unspecified atom stereocenters. The van der Waals surface area contributed by atoms with Gasteiger partial charge in [0, 0.05) is 41.7 Å². The lowest BCUT2D eigenvalue weighted by molar-refractivity contribution is -0.118. The zero-order valence-electron chi connectivity index (χ0n) is 15.1. The predicted molar refractivity (Wildman–Crippen MR) is 110 cm³/mol. The Bertz CT molecular complexity index is 1070. The number of ketones is 1. The number of rotatable bonds is 6. The number of hydrogen-bond donors (Lipinski definition) is 0. The van der Waals surface area contributed by atoms with E-state index >= 15 is 0 Å². The van der Waals surface area contributed by atoms with Gasteiger partial charge in [0.2, 0.25) is 0 Å². The lowest BCUT2D eigenvalue weighted by Gasteiger charge is -2.06. The molecule has 0 bridgehead atoms. The Hall–Kier alpha value is -2.92. The van der Waals surface area contributed by atoms with Crippen molar-refractivity contribution in [3.05, 3.63) is 66.1 Å². The second-order valence-corrected chi connectivity index (χ2v) is 7.49. The van der Waals surface area contributed by atoms with Crippen LogP contribution in [0, 0.1) is 0 Å². The molecule has 0 saturated heterocycles. The summed E-state index contributed by atoms with van der Waals surface area (Å²) in [6.45, 7) is 2.02. The van der Waals surface area contributed by atoms with Gasteiger partial charge >= 0.3 is 0 Å². The molecule has 134 valence electrons. The van der Waals surface area contributed by atoms with E-state index in [1.807, 2.05) is 43.5 Å². The van der Waals surface area contributed by atoms with E-state index < -0.39 is 0 Å². The normalized spacial score (nSPS) is 11.0. The number of aromatic nitrogens is 3. The van der Waals surface area contributed by atoms with Crippen LogP contribution in [-0.4, -0.2) is 20.7 Å². The smallest absolute Gasteiger partial charge is 0.139 e. The van der Waals surface area contributed by atoms with Crippen LogP contribution in [0.1, 0.15) is 24.8 Å². The minimum absolute atomic E-state index is 0.240.